The van der Waals surface area contributed by atoms with Gasteiger partial charge in [-0.2, -0.15) is 8.42 Å². The van der Waals surface area contributed by atoms with Gasteiger partial charge in [-0.3, -0.25) is 19.3 Å². The predicted molar refractivity (Wildman–Crippen MR) is 144 cm³/mol. The van der Waals surface area contributed by atoms with Crippen LogP contribution in [0.2, 0.25) is 0 Å². The van der Waals surface area contributed by atoms with Crippen molar-refractivity contribution in [1.29, 1.82) is 0 Å². The number of nitrogens with zero attached hydrogens (tertiary/aromatic N) is 2. The first kappa shape index (κ1) is 30.7. The van der Waals surface area contributed by atoms with Crippen molar-refractivity contribution in [3.8, 4) is 5.75 Å². The second-order valence-corrected chi connectivity index (χ2v) is 12.2. The number of aromatic nitrogens is 1. The minimum Gasteiger partial charge on any atom is -0.497 e. The first-order chi connectivity index (χ1) is 19.8. The van der Waals surface area contributed by atoms with E-state index in [0.29, 0.717) is 40.5 Å². The van der Waals surface area contributed by atoms with E-state index < -0.39 is 58.7 Å². The predicted octanol–water partition coefficient (Wildman–Crippen LogP) is -0.248. The van der Waals surface area contributed by atoms with Crippen molar-refractivity contribution >= 4 is 27.3 Å². The molecule has 1 saturated carbocycles. The molecular formula is C27H34N2O12S. The quantitative estimate of drug-likeness (QED) is 0.0984. The average molecular weight is 611 g/mol. The standard InChI is InChI=1S/C27H34N2O12S/c1-3-13-12-29-7-6-14(13)8-20(29)23(31)17-10-19(28-18-5-4-15(39-2)9-16(17)18)22-25(33)24(32)21(30)11-27(22,35)26(34)40-41-42(36,37)38/h3-5,9-10,13-14,20-25,30-33,35H,1,6-8,11-12H2,2H3,(H,36,37,38)/t13-,14?,20-,21+,22?,23+,24?,25+,27?/m0/s1. The van der Waals surface area contributed by atoms with Gasteiger partial charge in [-0.15, -0.1) is 6.58 Å². The monoisotopic (exact) mass is 610 g/mol. The Morgan fingerprint density at radius 2 is 1.98 bits per heavy atom. The molecule has 4 heterocycles. The summed E-state index contributed by atoms with van der Waals surface area (Å²) < 4.78 is 39.9. The smallest absolute Gasteiger partial charge is 0.432 e. The molecule has 42 heavy (non-hydrogen) atoms. The zero-order chi connectivity index (χ0) is 30.6. The highest BCUT2D eigenvalue weighted by Crippen LogP contribution is 2.46. The van der Waals surface area contributed by atoms with Gasteiger partial charge in [0, 0.05) is 24.4 Å². The number of pyridine rings is 1. The van der Waals surface area contributed by atoms with Gasteiger partial charge in [0.05, 0.1) is 42.6 Å². The molecule has 4 aliphatic rings. The van der Waals surface area contributed by atoms with Crippen LogP contribution in [-0.2, 0) is 24.4 Å². The number of carbonyl (C=O) groups is 1. The van der Waals surface area contributed by atoms with E-state index in [-0.39, 0.29) is 11.7 Å². The van der Waals surface area contributed by atoms with Gasteiger partial charge in [-0.1, -0.05) is 6.08 Å². The molecule has 3 saturated heterocycles. The summed E-state index contributed by atoms with van der Waals surface area (Å²) in [5.74, 6) is -2.47. The van der Waals surface area contributed by atoms with E-state index in [2.05, 4.69) is 25.7 Å². The fourth-order valence-electron chi connectivity index (χ4n) is 6.75. The highest BCUT2D eigenvalue weighted by molar-refractivity contribution is 7.80. The summed E-state index contributed by atoms with van der Waals surface area (Å²) >= 11 is 0. The summed E-state index contributed by atoms with van der Waals surface area (Å²) in [6, 6.07) is 5.95. The number of aliphatic hydroxyl groups excluding tert-OH is 4. The summed E-state index contributed by atoms with van der Waals surface area (Å²) in [6.07, 6.45) is -4.11. The molecule has 2 aromatic rings. The minimum atomic E-state index is -5.28. The zero-order valence-electron chi connectivity index (χ0n) is 22.7. The van der Waals surface area contributed by atoms with Crippen molar-refractivity contribution in [3.63, 3.8) is 0 Å². The second-order valence-electron chi connectivity index (χ2n) is 11.2. The fourth-order valence-corrected chi connectivity index (χ4v) is 6.89. The van der Waals surface area contributed by atoms with Gasteiger partial charge < -0.3 is 30.3 Å². The van der Waals surface area contributed by atoms with E-state index in [1.54, 1.807) is 18.2 Å². The summed E-state index contributed by atoms with van der Waals surface area (Å²) in [5.41, 5.74) is -2.41. The molecule has 5 unspecified atom stereocenters. The van der Waals surface area contributed by atoms with Crippen LogP contribution in [0.3, 0.4) is 0 Å². The van der Waals surface area contributed by atoms with Crippen molar-refractivity contribution in [1.82, 2.24) is 9.88 Å². The SMILES string of the molecule is C=C[C@H]1CN2CCC1C[C@H]2[C@H](O)c1cc(C2[C@@H](O)C(O)[C@H](O)CC2(O)C(=O)OOS(=O)(=O)O)nc2ccc(OC)cc12. The Kier molecular flexibility index (Phi) is 8.34. The molecule has 1 aromatic heterocycles. The molecule has 0 radical (unpaired) electrons. The van der Waals surface area contributed by atoms with Gasteiger partial charge >= 0.3 is 16.4 Å². The van der Waals surface area contributed by atoms with Gasteiger partial charge in [0.2, 0.25) is 0 Å². The van der Waals surface area contributed by atoms with E-state index in [4.69, 9.17) is 9.29 Å². The lowest BCUT2D eigenvalue weighted by molar-refractivity contribution is -0.250. The topological polar surface area (TPSA) is 216 Å². The molecule has 2 bridgehead atoms. The number of rotatable bonds is 8. The number of benzene rings is 1. The lowest BCUT2D eigenvalue weighted by Gasteiger charge is -2.50. The molecule has 1 aliphatic carbocycles. The third kappa shape index (κ3) is 5.52. The molecular weight excluding hydrogens is 576 g/mol. The number of piperidine rings is 3. The number of hydrogen-bond acceptors (Lipinski definition) is 13. The van der Waals surface area contributed by atoms with E-state index >= 15 is 0 Å². The molecule has 0 amide bonds. The van der Waals surface area contributed by atoms with Gasteiger partial charge in [0.25, 0.3) is 0 Å². The Hall–Kier alpha value is -2.73. The van der Waals surface area contributed by atoms with Crippen molar-refractivity contribution in [2.45, 2.75) is 61.2 Å². The molecule has 10 atom stereocenters. The Bertz CT molecular complexity index is 1470. The van der Waals surface area contributed by atoms with Crippen LogP contribution in [0.5, 0.6) is 5.75 Å². The summed E-state index contributed by atoms with van der Waals surface area (Å²) in [5, 5.41) is 55.6. The first-order valence-electron chi connectivity index (χ1n) is 13.4. The number of fused-ring (bicyclic) bond motifs is 4. The second kappa shape index (κ2) is 11.4. The third-order valence-electron chi connectivity index (χ3n) is 8.89. The molecule has 4 fully saturated rings. The molecule has 14 nitrogen and oxygen atoms in total. The highest BCUT2D eigenvalue weighted by Gasteiger charge is 2.59. The fraction of sp³-hybridized carbons (Fsp3) is 0.556. The number of methoxy groups -OCH3 is 1. The Balaban J connectivity index is 1.62. The maximum atomic E-state index is 12.9. The Morgan fingerprint density at radius 3 is 2.60 bits per heavy atom. The molecule has 6 N–H and O–H groups in total. The lowest BCUT2D eigenvalue weighted by atomic mass is 9.69. The lowest BCUT2D eigenvalue weighted by Crippen LogP contribution is -2.62. The largest absolute Gasteiger partial charge is 0.497 e. The van der Waals surface area contributed by atoms with Crippen LogP contribution in [0.4, 0.5) is 0 Å². The number of carbonyl (C=O) groups excluding carboxylic acids is 1. The third-order valence-corrected chi connectivity index (χ3v) is 9.13. The maximum Gasteiger partial charge on any atom is 0.432 e. The zero-order valence-corrected chi connectivity index (χ0v) is 23.5. The number of aliphatic hydroxyl groups is 5. The van der Waals surface area contributed by atoms with Crippen molar-refractivity contribution in [2.75, 3.05) is 20.2 Å². The minimum absolute atomic E-state index is 0.161. The highest BCUT2D eigenvalue weighted by atomic mass is 32.3. The number of ether oxygens (including phenoxy) is 1. The van der Waals surface area contributed by atoms with Gasteiger partial charge in [-0.05, 0) is 65.4 Å². The molecule has 1 aromatic carbocycles. The van der Waals surface area contributed by atoms with E-state index in [9.17, 15) is 38.7 Å². The van der Waals surface area contributed by atoms with Crippen molar-refractivity contribution < 1.29 is 57.3 Å². The molecule has 230 valence electrons. The van der Waals surface area contributed by atoms with E-state index in [1.165, 1.54) is 13.2 Å². The molecule has 3 aliphatic heterocycles. The van der Waals surface area contributed by atoms with Gasteiger partial charge in [0.1, 0.15) is 11.9 Å². The normalized spacial score (nSPS) is 35.5. The van der Waals surface area contributed by atoms with Crippen molar-refractivity contribution in [2.24, 2.45) is 11.8 Å². The van der Waals surface area contributed by atoms with E-state index in [0.717, 1.165) is 19.5 Å². The van der Waals surface area contributed by atoms with Gasteiger partial charge in [-0.25, -0.2) is 4.79 Å². The van der Waals surface area contributed by atoms with Crippen LogP contribution in [0.25, 0.3) is 10.9 Å². The molecule has 6 rings (SSSR count). The molecule has 0 spiro atoms. The van der Waals surface area contributed by atoms with Crippen LogP contribution in [0.15, 0.2) is 36.9 Å². The first-order valence-corrected chi connectivity index (χ1v) is 14.8. The van der Waals surface area contributed by atoms with Crippen LogP contribution < -0.4 is 4.74 Å². The summed E-state index contributed by atoms with van der Waals surface area (Å²) in [4.78, 5) is 23.7. The maximum absolute atomic E-state index is 12.9. The Morgan fingerprint density at radius 1 is 1.24 bits per heavy atom. The summed E-state index contributed by atoms with van der Waals surface area (Å²) in [6.45, 7) is 5.44. The number of hydrogen-bond donors (Lipinski definition) is 6. The average Bonchev–Trinajstić information content (AvgIpc) is 2.97. The van der Waals surface area contributed by atoms with Crippen LogP contribution in [0, 0.1) is 11.8 Å². The molecule has 15 heteroatoms. The Labute approximate surface area is 241 Å². The van der Waals surface area contributed by atoms with Crippen LogP contribution in [-0.4, -0.2) is 105 Å². The van der Waals surface area contributed by atoms with Crippen LogP contribution in [0.1, 0.15) is 42.5 Å². The van der Waals surface area contributed by atoms with Crippen molar-refractivity contribution in [3.05, 3.63) is 48.2 Å². The van der Waals surface area contributed by atoms with Gasteiger partial charge in [0.15, 0.2) is 5.60 Å². The summed E-state index contributed by atoms with van der Waals surface area (Å²) in [7, 11) is -3.80. The van der Waals surface area contributed by atoms with E-state index in [1.807, 2.05) is 6.08 Å². The van der Waals surface area contributed by atoms with Crippen LogP contribution >= 0.6 is 0 Å².